The number of likely N-dealkylation sites (tertiary alicyclic amines) is 2. The molecule has 2 atom stereocenters. The Balaban J connectivity index is 1.23. The minimum atomic E-state index is 0.625. The van der Waals surface area contributed by atoms with Gasteiger partial charge in [-0.1, -0.05) is 91.0 Å². The van der Waals surface area contributed by atoms with Gasteiger partial charge in [-0.15, -0.1) is 0 Å². The number of piperidine rings is 2. The van der Waals surface area contributed by atoms with Gasteiger partial charge in [0.1, 0.15) is 0 Å². The molecule has 0 amide bonds. The second kappa shape index (κ2) is 10.5. The summed E-state index contributed by atoms with van der Waals surface area (Å²) < 4.78 is 0. The van der Waals surface area contributed by atoms with Crippen molar-refractivity contribution in [1.82, 2.24) is 9.80 Å². The van der Waals surface area contributed by atoms with Crippen LogP contribution in [0.15, 0.2) is 91.0 Å². The molecule has 2 heterocycles. The van der Waals surface area contributed by atoms with E-state index in [0.717, 1.165) is 18.4 Å². The molecule has 2 aliphatic rings. The van der Waals surface area contributed by atoms with E-state index in [2.05, 4.69) is 101 Å². The molecule has 166 valence electrons. The zero-order valence-electron chi connectivity index (χ0n) is 19.2. The maximum absolute atomic E-state index is 2.76. The highest BCUT2D eigenvalue weighted by molar-refractivity contribution is 5.23. The van der Waals surface area contributed by atoms with Crippen molar-refractivity contribution in [3.63, 3.8) is 0 Å². The summed E-state index contributed by atoms with van der Waals surface area (Å²) in [6.45, 7) is 7.18. The molecule has 3 aromatic carbocycles. The third-order valence-corrected chi connectivity index (χ3v) is 7.67. The lowest BCUT2D eigenvalue weighted by atomic mass is 9.79. The Labute approximate surface area is 193 Å². The van der Waals surface area contributed by atoms with Gasteiger partial charge < -0.3 is 4.90 Å². The van der Waals surface area contributed by atoms with Gasteiger partial charge in [-0.05, 0) is 67.4 Å². The molecule has 2 fully saturated rings. The number of hydrogen-bond acceptors (Lipinski definition) is 2. The molecule has 2 aliphatic heterocycles. The maximum atomic E-state index is 2.76. The SMILES string of the molecule is c1ccc(CN2CCC(CN3CCC(c4ccccc4)CC3)C(c3ccccc3)C2)cc1. The van der Waals surface area contributed by atoms with Gasteiger partial charge >= 0.3 is 0 Å². The molecule has 0 radical (unpaired) electrons. The van der Waals surface area contributed by atoms with Gasteiger partial charge in [-0.25, -0.2) is 0 Å². The van der Waals surface area contributed by atoms with Crippen LogP contribution in [0.1, 0.15) is 47.8 Å². The van der Waals surface area contributed by atoms with E-state index in [1.807, 2.05) is 0 Å². The van der Waals surface area contributed by atoms with E-state index in [1.54, 1.807) is 0 Å². The van der Waals surface area contributed by atoms with Gasteiger partial charge in [0.25, 0.3) is 0 Å². The molecule has 2 saturated heterocycles. The van der Waals surface area contributed by atoms with Crippen LogP contribution in [0.2, 0.25) is 0 Å². The third-order valence-electron chi connectivity index (χ3n) is 7.67. The van der Waals surface area contributed by atoms with E-state index in [1.165, 1.54) is 68.7 Å². The summed E-state index contributed by atoms with van der Waals surface area (Å²) in [7, 11) is 0. The van der Waals surface area contributed by atoms with Gasteiger partial charge in [0.05, 0.1) is 0 Å². The number of hydrogen-bond donors (Lipinski definition) is 0. The first-order valence-electron chi connectivity index (χ1n) is 12.4. The number of benzene rings is 3. The van der Waals surface area contributed by atoms with Crippen molar-refractivity contribution < 1.29 is 0 Å². The second-order valence-electron chi connectivity index (χ2n) is 9.77. The lowest BCUT2D eigenvalue weighted by Gasteiger charge is -2.42. The summed E-state index contributed by atoms with van der Waals surface area (Å²) in [6.07, 6.45) is 3.89. The van der Waals surface area contributed by atoms with Crippen LogP contribution in [0.5, 0.6) is 0 Å². The fourth-order valence-corrected chi connectivity index (χ4v) is 5.86. The van der Waals surface area contributed by atoms with Crippen molar-refractivity contribution >= 4 is 0 Å². The smallest absolute Gasteiger partial charge is 0.0233 e. The van der Waals surface area contributed by atoms with Crippen molar-refractivity contribution in [1.29, 1.82) is 0 Å². The molecule has 2 nitrogen and oxygen atoms in total. The summed E-state index contributed by atoms with van der Waals surface area (Å²) in [5.74, 6) is 2.11. The number of rotatable bonds is 6. The maximum Gasteiger partial charge on any atom is 0.0233 e. The Bertz CT molecular complexity index is 932. The van der Waals surface area contributed by atoms with Crippen LogP contribution in [0, 0.1) is 5.92 Å². The van der Waals surface area contributed by atoms with Gasteiger partial charge in [0.15, 0.2) is 0 Å². The monoisotopic (exact) mass is 424 g/mol. The molecule has 32 heavy (non-hydrogen) atoms. The molecule has 0 aliphatic carbocycles. The molecule has 2 unspecified atom stereocenters. The molecule has 0 saturated carbocycles. The fourth-order valence-electron chi connectivity index (χ4n) is 5.86. The Kier molecular flexibility index (Phi) is 7.01. The van der Waals surface area contributed by atoms with Crippen LogP contribution in [0.25, 0.3) is 0 Å². The average molecular weight is 425 g/mol. The van der Waals surface area contributed by atoms with E-state index < -0.39 is 0 Å². The average Bonchev–Trinajstić information content (AvgIpc) is 2.87. The summed E-state index contributed by atoms with van der Waals surface area (Å²) in [4.78, 5) is 5.43. The predicted octanol–water partition coefficient (Wildman–Crippen LogP) is 6.17. The first-order valence-corrected chi connectivity index (χ1v) is 12.4. The minimum absolute atomic E-state index is 0.625. The van der Waals surface area contributed by atoms with Gasteiger partial charge in [0, 0.05) is 25.6 Å². The largest absolute Gasteiger partial charge is 0.303 e. The van der Waals surface area contributed by atoms with E-state index in [9.17, 15) is 0 Å². The molecule has 0 N–H and O–H groups in total. The normalized spacial score (nSPS) is 23.2. The third kappa shape index (κ3) is 5.31. The van der Waals surface area contributed by atoms with Crippen molar-refractivity contribution in [3.8, 4) is 0 Å². The van der Waals surface area contributed by atoms with Gasteiger partial charge in [-0.2, -0.15) is 0 Å². The Morgan fingerprint density at radius 1 is 0.594 bits per heavy atom. The van der Waals surface area contributed by atoms with Crippen LogP contribution >= 0.6 is 0 Å². The van der Waals surface area contributed by atoms with Crippen molar-refractivity contribution in [2.24, 2.45) is 5.92 Å². The van der Waals surface area contributed by atoms with Crippen LogP contribution in [0.3, 0.4) is 0 Å². The Morgan fingerprint density at radius 3 is 1.81 bits per heavy atom. The van der Waals surface area contributed by atoms with Crippen LogP contribution in [-0.2, 0) is 6.54 Å². The first-order chi connectivity index (χ1) is 15.8. The van der Waals surface area contributed by atoms with E-state index in [0.29, 0.717) is 5.92 Å². The van der Waals surface area contributed by atoms with Gasteiger partial charge in [-0.3, -0.25) is 4.90 Å². The standard InChI is InChI=1S/C30H36N2/c1-4-10-25(11-5-1)22-32-21-18-29(30(24-32)28-14-8-3-9-15-28)23-31-19-16-27(17-20-31)26-12-6-2-7-13-26/h1-15,27,29-30H,16-24H2. The highest BCUT2D eigenvalue weighted by atomic mass is 15.2. The van der Waals surface area contributed by atoms with Crippen molar-refractivity contribution in [3.05, 3.63) is 108 Å². The Hall–Kier alpha value is -2.42. The highest BCUT2D eigenvalue weighted by Gasteiger charge is 2.32. The van der Waals surface area contributed by atoms with E-state index in [-0.39, 0.29) is 0 Å². The van der Waals surface area contributed by atoms with Crippen molar-refractivity contribution in [2.75, 3.05) is 32.7 Å². The second-order valence-corrected chi connectivity index (χ2v) is 9.77. The minimum Gasteiger partial charge on any atom is -0.303 e. The molecule has 3 aromatic rings. The lowest BCUT2D eigenvalue weighted by Crippen LogP contribution is -2.44. The molecule has 0 spiro atoms. The molecular formula is C30H36N2. The van der Waals surface area contributed by atoms with Crippen LogP contribution in [0.4, 0.5) is 0 Å². The molecule has 0 aromatic heterocycles. The fraction of sp³-hybridized carbons (Fsp3) is 0.400. The van der Waals surface area contributed by atoms with Crippen molar-refractivity contribution in [2.45, 2.75) is 37.6 Å². The zero-order valence-corrected chi connectivity index (χ0v) is 19.2. The first kappa shape index (κ1) is 21.4. The molecule has 0 bridgehead atoms. The lowest BCUT2D eigenvalue weighted by molar-refractivity contribution is 0.105. The predicted molar refractivity (Wildman–Crippen MR) is 134 cm³/mol. The summed E-state index contributed by atoms with van der Waals surface area (Å²) in [6, 6.07) is 33.4. The summed E-state index contributed by atoms with van der Waals surface area (Å²) >= 11 is 0. The number of nitrogens with zero attached hydrogens (tertiary/aromatic N) is 2. The molecular weight excluding hydrogens is 388 g/mol. The van der Waals surface area contributed by atoms with E-state index >= 15 is 0 Å². The zero-order chi connectivity index (χ0) is 21.6. The Morgan fingerprint density at radius 2 is 1.16 bits per heavy atom. The van der Waals surface area contributed by atoms with Gasteiger partial charge in [0.2, 0.25) is 0 Å². The molecule has 5 rings (SSSR count). The van der Waals surface area contributed by atoms with Crippen LogP contribution in [-0.4, -0.2) is 42.5 Å². The van der Waals surface area contributed by atoms with Crippen LogP contribution < -0.4 is 0 Å². The molecule has 2 heteroatoms. The quantitative estimate of drug-likeness (QED) is 0.467. The van der Waals surface area contributed by atoms with E-state index in [4.69, 9.17) is 0 Å². The highest BCUT2D eigenvalue weighted by Crippen LogP contribution is 2.35. The topological polar surface area (TPSA) is 6.48 Å². The summed E-state index contributed by atoms with van der Waals surface area (Å²) in [5, 5.41) is 0. The summed E-state index contributed by atoms with van der Waals surface area (Å²) in [5.41, 5.74) is 4.48.